The van der Waals surface area contributed by atoms with Crippen molar-refractivity contribution in [1.29, 1.82) is 0 Å². The maximum absolute atomic E-state index is 13.1. The zero-order valence-corrected chi connectivity index (χ0v) is 16.4. The molecule has 0 N–H and O–H groups in total. The largest absolute Gasteiger partial charge is 0.493 e. The van der Waals surface area contributed by atoms with E-state index in [0.717, 1.165) is 17.7 Å². The van der Waals surface area contributed by atoms with Gasteiger partial charge in [0.1, 0.15) is 11.6 Å². The summed E-state index contributed by atoms with van der Waals surface area (Å²) in [5.74, 6) is 1.45. The number of unbranched alkanes of at least 4 members (excludes halogenated alkanes) is 3. The molecule has 1 heterocycles. The molecule has 3 rings (SSSR count). The highest BCUT2D eigenvalue weighted by Crippen LogP contribution is 2.30. The molecule has 0 saturated heterocycles. The van der Waals surface area contributed by atoms with E-state index in [0.29, 0.717) is 23.3 Å². The molecule has 4 heteroatoms. The average molecular weight is 364 g/mol. The highest BCUT2D eigenvalue weighted by Gasteiger charge is 2.17. The molecule has 0 aliphatic rings. The average Bonchev–Trinajstić information content (AvgIpc) is 2.68. The van der Waals surface area contributed by atoms with Crippen LogP contribution in [0.3, 0.4) is 0 Å². The van der Waals surface area contributed by atoms with Crippen LogP contribution in [0.1, 0.15) is 52.5 Å². The maximum Gasteiger partial charge on any atom is 0.261 e. The van der Waals surface area contributed by atoms with Crippen molar-refractivity contribution in [2.45, 2.75) is 52.5 Å². The summed E-state index contributed by atoms with van der Waals surface area (Å²) < 4.78 is 7.83. The number of ether oxygens (including phenoxy) is 1. The third-order valence-corrected chi connectivity index (χ3v) is 4.71. The topological polar surface area (TPSA) is 44.1 Å². The number of benzene rings is 2. The first-order valence-electron chi connectivity index (χ1n) is 9.87. The summed E-state index contributed by atoms with van der Waals surface area (Å²) in [5, 5.41) is 0.646. The van der Waals surface area contributed by atoms with Gasteiger partial charge in [0, 0.05) is 6.04 Å². The highest BCUT2D eigenvalue weighted by atomic mass is 16.5. The molecule has 0 atom stereocenters. The first-order valence-corrected chi connectivity index (χ1v) is 9.87. The molecule has 142 valence electrons. The van der Waals surface area contributed by atoms with Gasteiger partial charge in [0.2, 0.25) is 0 Å². The molecule has 0 amide bonds. The molecule has 0 radical (unpaired) electrons. The standard InChI is InChI=1S/C23H28N2O2/c1-4-5-6-11-16-27-21-15-10-8-13-19(21)22-24-20-14-9-7-12-18(20)23(26)25(22)17(2)3/h7-10,12-15,17H,4-6,11,16H2,1-3H3. The molecule has 1 aromatic heterocycles. The van der Waals surface area contributed by atoms with E-state index in [2.05, 4.69) is 6.92 Å². The summed E-state index contributed by atoms with van der Waals surface area (Å²) in [7, 11) is 0. The highest BCUT2D eigenvalue weighted by molar-refractivity contribution is 5.80. The number of hydrogen-bond donors (Lipinski definition) is 0. The molecule has 0 saturated carbocycles. The van der Waals surface area contributed by atoms with E-state index in [-0.39, 0.29) is 11.6 Å². The van der Waals surface area contributed by atoms with Gasteiger partial charge in [0.25, 0.3) is 5.56 Å². The molecular formula is C23H28N2O2. The zero-order valence-electron chi connectivity index (χ0n) is 16.4. The molecular weight excluding hydrogens is 336 g/mol. The fourth-order valence-electron chi connectivity index (χ4n) is 3.30. The van der Waals surface area contributed by atoms with Gasteiger partial charge < -0.3 is 4.74 Å². The van der Waals surface area contributed by atoms with Crippen LogP contribution in [0.15, 0.2) is 53.3 Å². The molecule has 3 aromatic rings. The number of nitrogens with zero attached hydrogens (tertiary/aromatic N) is 2. The molecule has 0 aliphatic carbocycles. The van der Waals surface area contributed by atoms with Crippen molar-refractivity contribution in [3.63, 3.8) is 0 Å². The van der Waals surface area contributed by atoms with Gasteiger partial charge in [0.15, 0.2) is 0 Å². The molecule has 27 heavy (non-hydrogen) atoms. The molecule has 0 spiro atoms. The van der Waals surface area contributed by atoms with Gasteiger partial charge in [-0.05, 0) is 44.5 Å². The Morgan fingerprint density at radius 1 is 1.00 bits per heavy atom. The molecule has 0 unspecified atom stereocenters. The molecule has 0 bridgehead atoms. The van der Waals surface area contributed by atoms with Crippen molar-refractivity contribution in [3.05, 3.63) is 58.9 Å². The summed E-state index contributed by atoms with van der Waals surface area (Å²) >= 11 is 0. The smallest absolute Gasteiger partial charge is 0.261 e. The Morgan fingerprint density at radius 3 is 2.52 bits per heavy atom. The van der Waals surface area contributed by atoms with Gasteiger partial charge in [-0.1, -0.05) is 50.5 Å². The SMILES string of the molecule is CCCCCCOc1ccccc1-c1nc2ccccc2c(=O)n1C(C)C. The first kappa shape index (κ1) is 19.2. The molecule has 0 aliphatic heterocycles. The summed E-state index contributed by atoms with van der Waals surface area (Å²) in [6, 6.07) is 15.4. The Labute approximate surface area is 160 Å². The van der Waals surface area contributed by atoms with Crippen LogP contribution in [-0.4, -0.2) is 16.2 Å². The quantitative estimate of drug-likeness (QED) is 0.488. The van der Waals surface area contributed by atoms with Crippen LogP contribution in [0.5, 0.6) is 5.75 Å². The second-order valence-electron chi connectivity index (χ2n) is 7.13. The summed E-state index contributed by atoms with van der Waals surface area (Å²) in [6.45, 7) is 6.90. The Balaban J connectivity index is 2.05. The normalized spacial score (nSPS) is 11.3. The predicted octanol–water partition coefficient (Wildman–Crippen LogP) is 5.60. The lowest BCUT2D eigenvalue weighted by Crippen LogP contribution is -2.25. The minimum absolute atomic E-state index is 0.00205. The third kappa shape index (κ3) is 4.21. The molecule has 2 aromatic carbocycles. The molecule has 0 fully saturated rings. The van der Waals surface area contributed by atoms with Crippen molar-refractivity contribution in [1.82, 2.24) is 9.55 Å². The zero-order chi connectivity index (χ0) is 19.2. The van der Waals surface area contributed by atoms with E-state index >= 15 is 0 Å². The third-order valence-electron chi connectivity index (χ3n) is 4.71. The monoisotopic (exact) mass is 364 g/mol. The van der Waals surface area contributed by atoms with E-state index < -0.39 is 0 Å². The van der Waals surface area contributed by atoms with Crippen LogP contribution < -0.4 is 10.3 Å². The van der Waals surface area contributed by atoms with Gasteiger partial charge in [-0.2, -0.15) is 0 Å². The van der Waals surface area contributed by atoms with E-state index in [1.54, 1.807) is 4.57 Å². The lowest BCUT2D eigenvalue weighted by atomic mass is 10.1. The van der Waals surface area contributed by atoms with E-state index in [1.807, 2.05) is 62.4 Å². The van der Waals surface area contributed by atoms with Gasteiger partial charge >= 0.3 is 0 Å². The second-order valence-corrected chi connectivity index (χ2v) is 7.13. The second kappa shape index (κ2) is 8.85. The van der Waals surface area contributed by atoms with Crippen LogP contribution in [0.2, 0.25) is 0 Å². The minimum atomic E-state index is -0.0108. The van der Waals surface area contributed by atoms with Crippen molar-refractivity contribution >= 4 is 10.9 Å². The predicted molar refractivity (Wildman–Crippen MR) is 111 cm³/mol. The van der Waals surface area contributed by atoms with Gasteiger partial charge in [0.05, 0.1) is 23.1 Å². The van der Waals surface area contributed by atoms with Crippen LogP contribution >= 0.6 is 0 Å². The van der Waals surface area contributed by atoms with Crippen molar-refractivity contribution in [2.75, 3.05) is 6.61 Å². The van der Waals surface area contributed by atoms with E-state index in [1.165, 1.54) is 19.3 Å². The number of hydrogen-bond acceptors (Lipinski definition) is 3. The van der Waals surface area contributed by atoms with Crippen molar-refractivity contribution in [2.24, 2.45) is 0 Å². The summed E-state index contributed by atoms with van der Waals surface area (Å²) in [5.41, 5.74) is 1.57. The lowest BCUT2D eigenvalue weighted by molar-refractivity contribution is 0.306. The summed E-state index contributed by atoms with van der Waals surface area (Å²) in [4.78, 5) is 17.9. The number of fused-ring (bicyclic) bond motifs is 1. The Bertz CT molecular complexity index is 960. The van der Waals surface area contributed by atoms with Gasteiger partial charge in [-0.15, -0.1) is 0 Å². The van der Waals surface area contributed by atoms with E-state index in [9.17, 15) is 4.79 Å². The van der Waals surface area contributed by atoms with Gasteiger partial charge in [-0.25, -0.2) is 4.98 Å². The van der Waals surface area contributed by atoms with Gasteiger partial charge in [-0.3, -0.25) is 9.36 Å². The fraction of sp³-hybridized carbons (Fsp3) is 0.391. The Hall–Kier alpha value is -2.62. The summed E-state index contributed by atoms with van der Waals surface area (Å²) in [6.07, 6.45) is 4.64. The number of rotatable bonds is 8. The lowest BCUT2D eigenvalue weighted by Gasteiger charge is -2.19. The first-order chi connectivity index (χ1) is 13.1. The Morgan fingerprint density at radius 2 is 1.74 bits per heavy atom. The van der Waals surface area contributed by atoms with Crippen molar-refractivity contribution < 1.29 is 4.74 Å². The van der Waals surface area contributed by atoms with Crippen molar-refractivity contribution in [3.8, 4) is 17.1 Å². The number of para-hydroxylation sites is 2. The van der Waals surface area contributed by atoms with Crippen LogP contribution in [-0.2, 0) is 0 Å². The van der Waals surface area contributed by atoms with Crippen LogP contribution in [0.25, 0.3) is 22.3 Å². The van der Waals surface area contributed by atoms with E-state index in [4.69, 9.17) is 9.72 Å². The van der Waals surface area contributed by atoms with Crippen LogP contribution in [0, 0.1) is 0 Å². The Kier molecular flexibility index (Phi) is 6.28. The maximum atomic E-state index is 13.1. The number of aromatic nitrogens is 2. The van der Waals surface area contributed by atoms with Crippen LogP contribution in [0.4, 0.5) is 0 Å². The molecule has 4 nitrogen and oxygen atoms in total. The minimum Gasteiger partial charge on any atom is -0.493 e. The fourth-order valence-corrected chi connectivity index (χ4v) is 3.30.